The predicted octanol–water partition coefficient (Wildman–Crippen LogP) is 4.80. The smallest absolute Gasteiger partial charge is 0.249 e. The highest BCUT2D eigenvalue weighted by molar-refractivity contribution is 5.63. The Hall–Kier alpha value is -3.02. The van der Waals surface area contributed by atoms with E-state index in [2.05, 4.69) is 52.7 Å². The van der Waals surface area contributed by atoms with Gasteiger partial charge >= 0.3 is 0 Å². The monoisotopic (exact) mass is 337 g/mol. The quantitative estimate of drug-likeness (QED) is 0.716. The second kappa shape index (κ2) is 6.84. The number of para-hydroxylation sites is 1. The lowest BCUT2D eigenvalue weighted by Gasteiger charge is -2.23. The molecule has 5 nitrogen and oxygen atoms in total. The van der Waals surface area contributed by atoms with Gasteiger partial charge in [0.1, 0.15) is 5.82 Å². The summed E-state index contributed by atoms with van der Waals surface area (Å²) in [7, 11) is 0. The molecular formula is C19H20FN5. The molecule has 25 heavy (non-hydrogen) atoms. The lowest BCUT2D eigenvalue weighted by atomic mass is 9.86. The van der Waals surface area contributed by atoms with Crippen LogP contribution >= 0.6 is 0 Å². The van der Waals surface area contributed by atoms with Crippen LogP contribution < -0.4 is 10.6 Å². The van der Waals surface area contributed by atoms with Crippen molar-refractivity contribution < 1.29 is 4.39 Å². The van der Waals surface area contributed by atoms with E-state index in [1.54, 1.807) is 18.3 Å². The van der Waals surface area contributed by atoms with E-state index in [1.807, 2.05) is 18.2 Å². The topological polar surface area (TPSA) is 62.7 Å². The fourth-order valence-electron chi connectivity index (χ4n) is 2.50. The molecule has 2 N–H and O–H groups in total. The summed E-state index contributed by atoms with van der Waals surface area (Å²) in [4.78, 5) is 4.40. The molecule has 128 valence electrons. The lowest BCUT2D eigenvalue weighted by molar-refractivity contribution is 0.592. The number of rotatable bonds is 4. The van der Waals surface area contributed by atoms with Gasteiger partial charge in [-0.1, -0.05) is 45.0 Å². The Kier molecular flexibility index (Phi) is 4.61. The molecule has 0 bridgehead atoms. The van der Waals surface area contributed by atoms with Gasteiger partial charge in [-0.2, -0.15) is 10.1 Å². The summed E-state index contributed by atoms with van der Waals surface area (Å²) in [5.41, 5.74) is 2.70. The van der Waals surface area contributed by atoms with Crippen molar-refractivity contribution in [3.63, 3.8) is 0 Å². The third-order valence-electron chi connectivity index (χ3n) is 3.64. The normalized spacial score (nSPS) is 11.2. The summed E-state index contributed by atoms with van der Waals surface area (Å²) in [5.74, 6) is 0.529. The largest absolute Gasteiger partial charge is 0.339 e. The number of aromatic nitrogens is 3. The number of hydrogen-bond donors (Lipinski definition) is 2. The van der Waals surface area contributed by atoms with Gasteiger partial charge in [0.15, 0.2) is 5.82 Å². The standard InChI is InChI=1S/C19H20FN5/c1-19(2,3)15-9-4-5-10-16(15)23-17-12-21-25-18(24-17)22-14-8-6-7-13(20)11-14/h4-12H,1-3H3,(H2,22,23,24,25). The second-order valence-corrected chi connectivity index (χ2v) is 6.72. The summed E-state index contributed by atoms with van der Waals surface area (Å²) >= 11 is 0. The Morgan fingerprint density at radius 3 is 2.52 bits per heavy atom. The number of hydrogen-bond acceptors (Lipinski definition) is 5. The maximum atomic E-state index is 13.3. The van der Waals surface area contributed by atoms with Crippen molar-refractivity contribution in [1.29, 1.82) is 0 Å². The van der Waals surface area contributed by atoms with E-state index >= 15 is 0 Å². The lowest BCUT2D eigenvalue weighted by Crippen LogP contribution is -2.14. The maximum absolute atomic E-state index is 13.3. The first-order chi connectivity index (χ1) is 11.9. The first kappa shape index (κ1) is 16.8. The summed E-state index contributed by atoms with van der Waals surface area (Å²) in [6.45, 7) is 6.47. The van der Waals surface area contributed by atoms with Crippen LogP contribution in [0.4, 0.5) is 27.5 Å². The molecule has 0 aliphatic heterocycles. The van der Waals surface area contributed by atoms with Crippen molar-refractivity contribution in [2.75, 3.05) is 10.6 Å². The molecule has 0 aliphatic carbocycles. The van der Waals surface area contributed by atoms with Gasteiger partial charge in [0.25, 0.3) is 0 Å². The van der Waals surface area contributed by atoms with Crippen LogP contribution in [0.5, 0.6) is 0 Å². The molecule has 0 atom stereocenters. The fourth-order valence-corrected chi connectivity index (χ4v) is 2.50. The molecule has 3 rings (SSSR count). The van der Waals surface area contributed by atoms with Crippen molar-refractivity contribution in [2.45, 2.75) is 26.2 Å². The number of benzene rings is 2. The summed E-state index contributed by atoms with van der Waals surface area (Å²) in [5, 5.41) is 14.1. The van der Waals surface area contributed by atoms with Crippen molar-refractivity contribution in [3.05, 3.63) is 66.1 Å². The zero-order chi connectivity index (χ0) is 17.9. The van der Waals surface area contributed by atoms with Crippen LogP contribution in [0.15, 0.2) is 54.7 Å². The Morgan fingerprint density at radius 2 is 1.76 bits per heavy atom. The number of anilines is 4. The summed E-state index contributed by atoms with van der Waals surface area (Å²) < 4.78 is 13.3. The Morgan fingerprint density at radius 1 is 0.960 bits per heavy atom. The number of nitrogens with one attached hydrogen (secondary N) is 2. The zero-order valence-electron chi connectivity index (χ0n) is 14.4. The van der Waals surface area contributed by atoms with Crippen LogP contribution in [0.2, 0.25) is 0 Å². The van der Waals surface area contributed by atoms with Gasteiger partial charge in [-0.25, -0.2) is 4.39 Å². The molecule has 0 spiro atoms. The van der Waals surface area contributed by atoms with Gasteiger partial charge < -0.3 is 10.6 Å². The Bertz CT molecular complexity index is 873. The van der Waals surface area contributed by atoms with Crippen molar-refractivity contribution >= 4 is 23.1 Å². The average Bonchev–Trinajstić information content (AvgIpc) is 2.55. The molecule has 3 aromatic rings. The molecule has 0 unspecified atom stereocenters. The van der Waals surface area contributed by atoms with Crippen LogP contribution in [0.3, 0.4) is 0 Å². The molecule has 1 aromatic heterocycles. The molecular weight excluding hydrogens is 317 g/mol. The molecule has 6 heteroatoms. The predicted molar refractivity (Wildman–Crippen MR) is 97.9 cm³/mol. The Balaban J connectivity index is 1.83. The van der Waals surface area contributed by atoms with Crippen LogP contribution in [0.1, 0.15) is 26.3 Å². The fraction of sp³-hybridized carbons (Fsp3) is 0.211. The van der Waals surface area contributed by atoms with E-state index in [0.29, 0.717) is 17.5 Å². The molecule has 2 aromatic carbocycles. The van der Waals surface area contributed by atoms with Crippen LogP contribution in [0, 0.1) is 5.82 Å². The van der Waals surface area contributed by atoms with Crippen molar-refractivity contribution in [1.82, 2.24) is 15.2 Å². The Labute approximate surface area is 146 Å². The molecule has 0 saturated heterocycles. The highest BCUT2D eigenvalue weighted by atomic mass is 19.1. The second-order valence-electron chi connectivity index (χ2n) is 6.72. The third kappa shape index (κ3) is 4.29. The van der Waals surface area contributed by atoms with Crippen LogP contribution in [-0.2, 0) is 5.41 Å². The van der Waals surface area contributed by atoms with E-state index in [4.69, 9.17) is 0 Å². The minimum absolute atomic E-state index is 0.00724. The van der Waals surface area contributed by atoms with Gasteiger partial charge in [-0.3, -0.25) is 0 Å². The highest BCUT2D eigenvalue weighted by Crippen LogP contribution is 2.30. The minimum atomic E-state index is -0.327. The maximum Gasteiger partial charge on any atom is 0.249 e. The van der Waals surface area contributed by atoms with Gasteiger partial charge in [-0.05, 0) is 35.2 Å². The van der Waals surface area contributed by atoms with Crippen molar-refractivity contribution in [2.24, 2.45) is 0 Å². The molecule has 0 radical (unpaired) electrons. The van der Waals surface area contributed by atoms with Gasteiger partial charge in [-0.15, -0.1) is 5.10 Å². The van der Waals surface area contributed by atoms with E-state index in [1.165, 1.54) is 17.7 Å². The van der Waals surface area contributed by atoms with Gasteiger partial charge in [0.2, 0.25) is 5.95 Å². The van der Waals surface area contributed by atoms with Gasteiger partial charge in [0, 0.05) is 11.4 Å². The summed E-state index contributed by atoms with van der Waals surface area (Å²) in [6, 6.07) is 14.2. The third-order valence-corrected chi connectivity index (χ3v) is 3.64. The van der Waals surface area contributed by atoms with Crippen LogP contribution in [-0.4, -0.2) is 15.2 Å². The van der Waals surface area contributed by atoms with E-state index in [-0.39, 0.29) is 11.2 Å². The molecule has 0 aliphatic rings. The number of nitrogens with zero attached hydrogens (tertiary/aromatic N) is 3. The average molecular weight is 337 g/mol. The zero-order valence-corrected chi connectivity index (χ0v) is 14.4. The summed E-state index contributed by atoms with van der Waals surface area (Å²) in [6.07, 6.45) is 1.55. The van der Waals surface area contributed by atoms with Crippen LogP contribution in [0.25, 0.3) is 0 Å². The minimum Gasteiger partial charge on any atom is -0.339 e. The molecule has 0 saturated carbocycles. The first-order valence-electron chi connectivity index (χ1n) is 8.01. The number of halogens is 1. The van der Waals surface area contributed by atoms with Crippen molar-refractivity contribution in [3.8, 4) is 0 Å². The first-order valence-corrected chi connectivity index (χ1v) is 8.01. The molecule has 0 amide bonds. The molecule has 1 heterocycles. The van der Waals surface area contributed by atoms with E-state index in [9.17, 15) is 4.39 Å². The highest BCUT2D eigenvalue weighted by Gasteiger charge is 2.17. The van der Waals surface area contributed by atoms with Gasteiger partial charge in [0.05, 0.1) is 6.20 Å². The van der Waals surface area contributed by atoms with E-state index in [0.717, 1.165) is 5.69 Å². The molecule has 0 fully saturated rings. The van der Waals surface area contributed by atoms with E-state index < -0.39 is 0 Å². The SMILES string of the molecule is CC(C)(C)c1ccccc1Nc1cnnc(Nc2cccc(F)c2)n1.